The van der Waals surface area contributed by atoms with Crippen LogP contribution in [0.15, 0.2) is 36.4 Å². The lowest BCUT2D eigenvalue weighted by molar-refractivity contribution is 0.299. The van der Waals surface area contributed by atoms with Gasteiger partial charge in [0.05, 0.1) is 7.11 Å². The molecule has 0 aromatic heterocycles. The molecule has 3 nitrogen and oxygen atoms in total. The van der Waals surface area contributed by atoms with Gasteiger partial charge in [-0.25, -0.2) is 0 Å². The lowest BCUT2D eigenvalue weighted by atomic mass is 9.82. The van der Waals surface area contributed by atoms with E-state index in [0.717, 1.165) is 44.8 Å². The maximum Gasteiger partial charge on any atom is 0.122 e. The van der Waals surface area contributed by atoms with E-state index in [1.165, 1.54) is 41.5 Å². The molecule has 1 aliphatic heterocycles. The summed E-state index contributed by atoms with van der Waals surface area (Å²) in [4.78, 5) is 2.51. The fourth-order valence-electron chi connectivity index (χ4n) is 4.77. The predicted octanol–water partition coefficient (Wildman–Crippen LogP) is 3.94. The topological polar surface area (TPSA) is 24.5 Å². The molecule has 0 saturated heterocycles. The first-order valence-corrected chi connectivity index (χ1v) is 10.4. The Balaban J connectivity index is 1.37. The van der Waals surface area contributed by atoms with Crippen LogP contribution in [0.2, 0.25) is 0 Å². The number of nitrogens with zero attached hydrogens (tertiary/aromatic N) is 1. The zero-order valence-electron chi connectivity index (χ0n) is 16.8. The summed E-state index contributed by atoms with van der Waals surface area (Å²) >= 11 is 0. The molecule has 0 saturated carbocycles. The van der Waals surface area contributed by atoms with Gasteiger partial charge in [0, 0.05) is 19.6 Å². The van der Waals surface area contributed by atoms with Gasteiger partial charge in [-0.1, -0.05) is 30.3 Å². The lowest BCUT2D eigenvalue weighted by Crippen LogP contribution is -2.29. The second-order valence-electron chi connectivity index (χ2n) is 8.16. The molecule has 27 heavy (non-hydrogen) atoms. The molecule has 0 bridgehead atoms. The van der Waals surface area contributed by atoms with E-state index in [9.17, 15) is 0 Å². The van der Waals surface area contributed by atoms with Crippen molar-refractivity contribution < 1.29 is 4.74 Å². The number of hydrogen-bond donors (Lipinski definition) is 1. The third-order valence-corrected chi connectivity index (χ3v) is 6.28. The van der Waals surface area contributed by atoms with Crippen LogP contribution in [0.3, 0.4) is 0 Å². The number of nitrogens with one attached hydrogen (secondary N) is 1. The quantitative estimate of drug-likeness (QED) is 0.840. The van der Waals surface area contributed by atoms with E-state index in [4.69, 9.17) is 4.74 Å². The highest BCUT2D eigenvalue weighted by molar-refractivity contribution is 5.43. The van der Waals surface area contributed by atoms with Crippen LogP contribution in [-0.4, -0.2) is 38.7 Å². The Labute approximate surface area is 163 Å². The predicted molar refractivity (Wildman–Crippen MR) is 112 cm³/mol. The number of hydrogen-bond acceptors (Lipinski definition) is 3. The van der Waals surface area contributed by atoms with Crippen molar-refractivity contribution in [3.05, 3.63) is 64.2 Å². The summed E-state index contributed by atoms with van der Waals surface area (Å²) in [6.07, 6.45) is 6.01. The third-order valence-electron chi connectivity index (χ3n) is 6.28. The smallest absolute Gasteiger partial charge is 0.122 e. The van der Waals surface area contributed by atoms with Gasteiger partial charge in [-0.15, -0.1) is 0 Å². The molecule has 1 N–H and O–H groups in total. The molecule has 0 amide bonds. The number of rotatable bonds is 6. The Bertz CT molecular complexity index is 786. The van der Waals surface area contributed by atoms with Gasteiger partial charge in [-0.2, -0.15) is 0 Å². The minimum atomic E-state index is 0.628. The fraction of sp³-hybridized carbons (Fsp3) is 0.500. The van der Waals surface area contributed by atoms with Crippen molar-refractivity contribution in [3.63, 3.8) is 0 Å². The van der Waals surface area contributed by atoms with Crippen molar-refractivity contribution in [2.75, 3.05) is 33.8 Å². The van der Waals surface area contributed by atoms with E-state index in [1.807, 2.05) is 0 Å². The zero-order valence-corrected chi connectivity index (χ0v) is 16.8. The van der Waals surface area contributed by atoms with Crippen molar-refractivity contribution in [2.24, 2.45) is 0 Å². The first kappa shape index (κ1) is 18.5. The zero-order chi connectivity index (χ0) is 18.6. The minimum Gasteiger partial charge on any atom is -0.496 e. The molecule has 2 aliphatic rings. The molecule has 144 valence electrons. The van der Waals surface area contributed by atoms with Crippen LogP contribution in [0, 0.1) is 0 Å². The highest BCUT2D eigenvalue weighted by atomic mass is 16.5. The molecule has 1 aliphatic carbocycles. The van der Waals surface area contributed by atoms with Crippen molar-refractivity contribution in [3.8, 4) is 5.75 Å². The SMILES string of the molecule is COc1cccc2c1CCCC2CN(C)CCc1ccc2c(c1)CCNC2. The van der Waals surface area contributed by atoms with Crippen LogP contribution in [-0.2, 0) is 25.8 Å². The minimum absolute atomic E-state index is 0.628. The molecule has 2 aromatic carbocycles. The molecule has 1 heterocycles. The second kappa shape index (κ2) is 8.45. The average molecular weight is 365 g/mol. The molecule has 0 spiro atoms. The molecule has 0 radical (unpaired) electrons. The number of benzene rings is 2. The van der Waals surface area contributed by atoms with Crippen molar-refractivity contribution >= 4 is 0 Å². The van der Waals surface area contributed by atoms with E-state index < -0.39 is 0 Å². The van der Waals surface area contributed by atoms with Gasteiger partial charge < -0.3 is 15.0 Å². The van der Waals surface area contributed by atoms with Crippen LogP contribution in [0.5, 0.6) is 5.75 Å². The summed E-state index contributed by atoms with van der Waals surface area (Å²) in [5, 5.41) is 3.46. The summed E-state index contributed by atoms with van der Waals surface area (Å²) in [6, 6.07) is 13.6. The van der Waals surface area contributed by atoms with Gasteiger partial charge >= 0.3 is 0 Å². The second-order valence-corrected chi connectivity index (χ2v) is 8.16. The van der Waals surface area contributed by atoms with Gasteiger partial charge in [0.25, 0.3) is 0 Å². The van der Waals surface area contributed by atoms with Gasteiger partial charge in [0.1, 0.15) is 5.75 Å². The van der Waals surface area contributed by atoms with Gasteiger partial charge in [0.15, 0.2) is 0 Å². The molecule has 2 aromatic rings. The van der Waals surface area contributed by atoms with Crippen LogP contribution in [0.4, 0.5) is 0 Å². The highest BCUT2D eigenvalue weighted by Gasteiger charge is 2.23. The van der Waals surface area contributed by atoms with Gasteiger partial charge in [-0.05, 0) is 85.5 Å². The van der Waals surface area contributed by atoms with Crippen LogP contribution in [0.1, 0.15) is 46.6 Å². The number of ether oxygens (including phenoxy) is 1. The molecule has 3 heteroatoms. The highest BCUT2D eigenvalue weighted by Crippen LogP contribution is 2.36. The van der Waals surface area contributed by atoms with Gasteiger partial charge in [0.2, 0.25) is 0 Å². The largest absolute Gasteiger partial charge is 0.496 e. The van der Waals surface area contributed by atoms with E-state index in [0.29, 0.717) is 5.92 Å². The Morgan fingerprint density at radius 3 is 2.96 bits per heavy atom. The van der Waals surface area contributed by atoms with Crippen molar-refractivity contribution in [1.29, 1.82) is 0 Å². The Hall–Kier alpha value is -1.84. The van der Waals surface area contributed by atoms with Gasteiger partial charge in [-0.3, -0.25) is 0 Å². The van der Waals surface area contributed by atoms with E-state index >= 15 is 0 Å². The summed E-state index contributed by atoms with van der Waals surface area (Å²) in [5.41, 5.74) is 7.45. The molecule has 1 unspecified atom stereocenters. The summed E-state index contributed by atoms with van der Waals surface area (Å²) in [7, 11) is 4.07. The first-order chi connectivity index (χ1) is 13.2. The Kier molecular flexibility index (Phi) is 5.80. The number of fused-ring (bicyclic) bond motifs is 2. The van der Waals surface area contributed by atoms with Crippen molar-refractivity contribution in [1.82, 2.24) is 10.2 Å². The average Bonchev–Trinajstić information content (AvgIpc) is 2.72. The summed E-state index contributed by atoms with van der Waals surface area (Å²) in [5.74, 6) is 1.70. The standard InChI is InChI=1S/C24H32N2O/c1-26(14-12-18-9-10-20-16-25-13-11-19(20)15-18)17-21-5-3-7-23-22(21)6-4-8-24(23)27-2/h4,6,8-10,15,21,25H,3,5,7,11-14,16-17H2,1-2H3. The van der Waals surface area contributed by atoms with Crippen molar-refractivity contribution in [2.45, 2.75) is 44.6 Å². The maximum absolute atomic E-state index is 5.60. The fourth-order valence-corrected chi connectivity index (χ4v) is 4.77. The molecule has 1 atom stereocenters. The molecular weight excluding hydrogens is 332 g/mol. The monoisotopic (exact) mass is 364 g/mol. The van der Waals surface area contributed by atoms with Crippen LogP contribution >= 0.6 is 0 Å². The first-order valence-electron chi connectivity index (χ1n) is 10.4. The normalized spacial score (nSPS) is 18.9. The Morgan fingerprint density at radius 1 is 1.15 bits per heavy atom. The number of likely N-dealkylation sites (N-methyl/N-ethyl adjacent to an activating group) is 1. The summed E-state index contributed by atoms with van der Waals surface area (Å²) in [6.45, 7) is 4.39. The van der Waals surface area contributed by atoms with Crippen LogP contribution in [0.25, 0.3) is 0 Å². The van der Waals surface area contributed by atoms with E-state index in [1.54, 1.807) is 12.7 Å². The molecular formula is C24H32N2O. The molecule has 4 rings (SSSR count). The van der Waals surface area contributed by atoms with Crippen LogP contribution < -0.4 is 10.1 Å². The summed E-state index contributed by atoms with van der Waals surface area (Å²) < 4.78 is 5.60. The van der Waals surface area contributed by atoms with E-state index in [2.05, 4.69) is 53.7 Å². The lowest BCUT2D eigenvalue weighted by Gasteiger charge is -2.30. The Morgan fingerprint density at radius 2 is 2.07 bits per heavy atom. The molecule has 0 fully saturated rings. The third kappa shape index (κ3) is 4.20. The maximum atomic E-state index is 5.60. The number of methoxy groups -OCH3 is 1. The van der Waals surface area contributed by atoms with E-state index in [-0.39, 0.29) is 0 Å².